The van der Waals surface area contributed by atoms with Crippen molar-refractivity contribution in [2.75, 3.05) is 31.3 Å². The van der Waals surface area contributed by atoms with Crippen LogP contribution in [0, 0.1) is 11.6 Å². The maximum Gasteiger partial charge on any atom is 0.248 e. The predicted octanol–water partition coefficient (Wildman–Crippen LogP) is 6.68. The van der Waals surface area contributed by atoms with E-state index < -0.39 is 11.6 Å². The quantitative estimate of drug-likeness (QED) is 0.262. The van der Waals surface area contributed by atoms with Crippen molar-refractivity contribution < 1.29 is 13.6 Å². The number of carbonyl (C=O) groups excluding carboxylic acids is 1. The van der Waals surface area contributed by atoms with Gasteiger partial charge in [0.25, 0.3) is 0 Å². The van der Waals surface area contributed by atoms with Crippen LogP contribution in [-0.2, 0) is 4.79 Å². The summed E-state index contributed by atoms with van der Waals surface area (Å²) < 4.78 is 27.8. The summed E-state index contributed by atoms with van der Waals surface area (Å²) in [6.45, 7) is 0.588. The van der Waals surface area contributed by atoms with Gasteiger partial charge in [-0.1, -0.05) is 35.3 Å². The van der Waals surface area contributed by atoms with Gasteiger partial charge in [-0.15, -0.1) is 0 Å². The van der Waals surface area contributed by atoms with Crippen molar-refractivity contribution in [2.45, 2.75) is 0 Å². The van der Waals surface area contributed by atoms with Crippen LogP contribution >= 0.6 is 23.2 Å². The highest BCUT2D eigenvalue weighted by Gasteiger charge is 2.15. The minimum absolute atomic E-state index is 0.00279. The Kier molecular flexibility index (Phi) is 7.79. The van der Waals surface area contributed by atoms with Gasteiger partial charge in [0.1, 0.15) is 23.8 Å². The van der Waals surface area contributed by atoms with Crippen LogP contribution in [0.25, 0.3) is 22.0 Å². The zero-order chi connectivity index (χ0) is 25.8. The zero-order valence-electron chi connectivity index (χ0n) is 19.3. The first kappa shape index (κ1) is 25.5. The van der Waals surface area contributed by atoms with Crippen molar-refractivity contribution in [3.05, 3.63) is 88.7 Å². The number of hydrogen-bond donors (Lipinski definition) is 2. The molecule has 0 fully saturated rings. The molecule has 0 spiro atoms. The number of nitrogens with zero attached hydrogens (tertiary/aromatic N) is 3. The zero-order valence-corrected chi connectivity index (χ0v) is 20.8. The smallest absolute Gasteiger partial charge is 0.248 e. The number of likely N-dealkylation sites (N-methyl/N-ethyl adjacent to an activating group) is 1. The molecule has 6 nitrogen and oxygen atoms in total. The molecule has 0 bridgehead atoms. The first-order valence-corrected chi connectivity index (χ1v) is 11.6. The first-order valence-electron chi connectivity index (χ1n) is 10.8. The number of aromatic nitrogens is 2. The van der Waals surface area contributed by atoms with Gasteiger partial charge < -0.3 is 15.5 Å². The highest BCUT2D eigenvalue weighted by Crippen LogP contribution is 2.36. The Bertz CT molecular complexity index is 1480. The summed E-state index contributed by atoms with van der Waals surface area (Å²) in [7, 11) is 3.78. The van der Waals surface area contributed by atoms with E-state index in [2.05, 4.69) is 20.6 Å². The highest BCUT2D eigenvalue weighted by atomic mass is 35.5. The number of hydrogen-bond acceptors (Lipinski definition) is 5. The van der Waals surface area contributed by atoms with Crippen LogP contribution in [0.15, 0.2) is 67.0 Å². The fourth-order valence-electron chi connectivity index (χ4n) is 3.46. The van der Waals surface area contributed by atoms with Crippen LogP contribution in [0.4, 0.5) is 26.0 Å². The van der Waals surface area contributed by atoms with E-state index in [0.717, 1.165) is 0 Å². The van der Waals surface area contributed by atoms with Crippen molar-refractivity contribution in [2.24, 2.45) is 0 Å². The molecule has 2 N–H and O–H groups in total. The molecule has 0 unspecified atom stereocenters. The lowest BCUT2D eigenvalue weighted by Crippen LogP contribution is -2.13. The third-order valence-corrected chi connectivity index (χ3v) is 5.78. The average Bonchev–Trinajstić information content (AvgIpc) is 2.83. The molecule has 36 heavy (non-hydrogen) atoms. The van der Waals surface area contributed by atoms with E-state index in [0.29, 0.717) is 45.8 Å². The van der Waals surface area contributed by atoms with Crippen LogP contribution < -0.4 is 10.6 Å². The number of carbonyl (C=O) groups is 1. The van der Waals surface area contributed by atoms with E-state index in [4.69, 9.17) is 23.2 Å². The summed E-state index contributed by atoms with van der Waals surface area (Å²) in [6, 6.07) is 12.1. The van der Waals surface area contributed by atoms with Crippen molar-refractivity contribution >= 4 is 57.2 Å². The van der Waals surface area contributed by atoms with Gasteiger partial charge >= 0.3 is 0 Å². The molecule has 1 heterocycles. The molecule has 0 aliphatic heterocycles. The van der Waals surface area contributed by atoms with Crippen molar-refractivity contribution in [1.82, 2.24) is 14.9 Å². The summed E-state index contributed by atoms with van der Waals surface area (Å²) in [5.74, 6) is -1.09. The van der Waals surface area contributed by atoms with Crippen LogP contribution in [0.3, 0.4) is 0 Å². The van der Waals surface area contributed by atoms with Gasteiger partial charge in [-0.05, 0) is 62.1 Å². The molecule has 0 aliphatic rings. The second-order valence-corrected chi connectivity index (χ2v) is 8.99. The van der Waals surface area contributed by atoms with E-state index in [1.807, 2.05) is 19.0 Å². The molecule has 1 aromatic heterocycles. The molecule has 4 rings (SSSR count). The molecule has 184 valence electrons. The molecule has 0 saturated heterocycles. The molecule has 0 saturated carbocycles. The summed E-state index contributed by atoms with van der Waals surface area (Å²) in [6.07, 6.45) is 4.53. The largest absolute Gasteiger partial charge is 0.340 e. The summed E-state index contributed by atoms with van der Waals surface area (Å²) in [5, 5.41) is 6.46. The minimum atomic E-state index is -0.576. The normalized spacial score (nSPS) is 11.4. The molecule has 0 atom stereocenters. The molecule has 3 aromatic carbocycles. The van der Waals surface area contributed by atoms with E-state index >= 15 is 0 Å². The minimum Gasteiger partial charge on any atom is -0.340 e. The number of anilines is 3. The standard InChI is InChI=1S/C26H21Cl2F2N5O/c1-35(2)9-3-4-25(36)34-24-13-18-23(12-17(24)15-5-8-21(29)20(28)10-15)31-14-32-26(18)33-16-6-7-19(27)22(30)11-16/h3-8,10-14H,9H2,1-2H3,(H,34,36)(H,31,32,33)/b4-3+. The molecule has 1 amide bonds. The lowest BCUT2D eigenvalue weighted by Gasteiger charge is -2.15. The number of benzene rings is 3. The second-order valence-electron chi connectivity index (χ2n) is 8.17. The Morgan fingerprint density at radius 3 is 2.53 bits per heavy atom. The Labute approximate surface area is 216 Å². The van der Waals surface area contributed by atoms with Crippen molar-refractivity contribution in [3.63, 3.8) is 0 Å². The topological polar surface area (TPSA) is 70.2 Å². The lowest BCUT2D eigenvalue weighted by atomic mass is 10.0. The maximum absolute atomic E-state index is 14.0. The van der Waals surface area contributed by atoms with Gasteiger partial charge in [0.05, 0.1) is 15.6 Å². The third kappa shape index (κ3) is 5.96. The predicted molar refractivity (Wildman–Crippen MR) is 141 cm³/mol. The summed E-state index contributed by atoms with van der Waals surface area (Å²) in [4.78, 5) is 23.2. The Morgan fingerprint density at radius 2 is 1.81 bits per heavy atom. The SMILES string of the molecule is CN(C)C/C=C/C(=O)Nc1cc2c(Nc3ccc(Cl)c(F)c3)ncnc2cc1-c1ccc(F)c(Cl)c1. The molecule has 4 aromatic rings. The van der Waals surface area contributed by atoms with Crippen molar-refractivity contribution in [3.8, 4) is 11.1 Å². The van der Waals surface area contributed by atoms with E-state index in [1.54, 1.807) is 30.3 Å². The highest BCUT2D eigenvalue weighted by molar-refractivity contribution is 6.31. The van der Waals surface area contributed by atoms with Gasteiger partial charge in [-0.2, -0.15) is 0 Å². The molecule has 0 aliphatic carbocycles. The molecular formula is C26H21Cl2F2N5O. The van der Waals surface area contributed by atoms with E-state index in [1.165, 1.54) is 36.7 Å². The van der Waals surface area contributed by atoms with E-state index in [9.17, 15) is 13.6 Å². The van der Waals surface area contributed by atoms with Crippen LogP contribution in [0.1, 0.15) is 0 Å². The van der Waals surface area contributed by atoms with Gasteiger partial charge in [0, 0.05) is 34.9 Å². The number of halogens is 4. The number of rotatable bonds is 7. The summed E-state index contributed by atoms with van der Waals surface area (Å²) >= 11 is 11.8. The Hall–Kier alpha value is -3.59. The lowest BCUT2D eigenvalue weighted by molar-refractivity contribution is -0.111. The maximum atomic E-state index is 14.0. The monoisotopic (exact) mass is 527 g/mol. The van der Waals surface area contributed by atoms with Gasteiger partial charge in [0.2, 0.25) is 5.91 Å². The van der Waals surface area contributed by atoms with Crippen LogP contribution in [0.2, 0.25) is 10.0 Å². The van der Waals surface area contributed by atoms with Gasteiger partial charge in [-0.25, -0.2) is 18.7 Å². The number of nitrogens with one attached hydrogen (secondary N) is 2. The van der Waals surface area contributed by atoms with E-state index in [-0.39, 0.29) is 16.0 Å². The molecule has 0 radical (unpaired) electrons. The number of amides is 1. The van der Waals surface area contributed by atoms with Crippen LogP contribution in [-0.4, -0.2) is 41.4 Å². The Morgan fingerprint density at radius 1 is 1.00 bits per heavy atom. The summed E-state index contributed by atoms with van der Waals surface area (Å²) in [5.41, 5.74) is 2.58. The van der Waals surface area contributed by atoms with Crippen molar-refractivity contribution in [1.29, 1.82) is 0 Å². The van der Waals surface area contributed by atoms with Gasteiger partial charge in [0.15, 0.2) is 0 Å². The molecule has 10 heteroatoms. The fourth-order valence-corrected chi connectivity index (χ4v) is 3.76. The third-order valence-electron chi connectivity index (χ3n) is 5.19. The van der Waals surface area contributed by atoms with Gasteiger partial charge in [-0.3, -0.25) is 4.79 Å². The number of fused-ring (bicyclic) bond motifs is 1. The second kappa shape index (κ2) is 11.0. The average molecular weight is 528 g/mol. The fraction of sp³-hybridized carbons (Fsp3) is 0.115. The van der Waals surface area contributed by atoms with Crippen LogP contribution in [0.5, 0.6) is 0 Å². The molecular weight excluding hydrogens is 507 g/mol. The Balaban J connectivity index is 1.80. The first-order chi connectivity index (χ1) is 17.2.